The first kappa shape index (κ1) is 25.0. The molecule has 190 valence electrons. The van der Waals surface area contributed by atoms with Crippen LogP contribution in [0.5, 0.6) is 0 Å². The zero-order valence-corrected chi connectivity index (χ0v) is 21.3. The van der Waals surface area contributed by atoms with Crippen molar-refractivity contribution >= 4 is 52.1 Å². The summed E-state index contributed by atoms with van der Waals surface area (Å²) in [7, 11) is 0. The first-order valence-electron chi connectivity index (χ1n) is 11.8. The van der Waals surface area contributed by atoms with Gasteiger partial charge in [0, 0.05) is 12.1 Å². The summed E-state index contributed by atoms with van der Waals surface area (Å²) in [6, 6.07) is 8.10. The van der Waals surface area contributed by atoms with Crippen molar-refractivity contribution < 1.29 is 9.18 Å². The Hall–Kier alpha value is -3.70. The van der Waals surface area contributed by atoms with Crippen molar-refractivity contribution in [1.29, 1.82) is 5.41 Å². The smallest absolute Gasteiger partial charge is 0.280 e. The molecule has 4 N–H and O–H groups in total. The lowest BCUT2D eigenvalue weighted by atomic mass is 10.0. The maximum absolute atomic E-state index is 15.0. The van der Waals surface area contributed by atoms with Crippen LogP contribution in [0.4, 0.5) is 4.39 Å². The van der Waals surface area contributed by atoms with E-state index in [9.17, 15) is 9.18 Å². The third kappa shape index (κ3) is 5.23. The van der Waals surface area contributed by atoms with E-state index in [1.807, 2.05) is 4.57 Å². The molecule has 0 bridgehead atoms. The highest BCUT2D eigenvalue weighted by molar-refractivity contribution is 7.17. The molecule has 1 fully saturated rings. The second-order valence-electron chi connectivity index (χ2n) is 8.80. The zero-order chi connectivity index (χ0) is 25.9. The molecule has 1 aliphatic rings. The molecule has 2 atom stereocenters. The Morgan fingerprint density at radius 3 is 2.84 bits per heavy atom. The van der Waals surface area contributed by atoms with Gasteiger partial charge in [0.15, 0.2) is 10.8 Å². The van der Waals surface area contributed by atoms with E-state index in [4.69, 9.17) is 27.7 Å². The molecule has 0 radical (unpaired) electrons. The number of nitrogens with two attached hydrogens (primary N) is 1. The van der Waals surface area contributed by atoms with Crippen LogP contribution in [-0.2, 0) is 0 Å². The number of amides is 1. The minimum Gasteiger partial charge on any atom is -0.382 e. The number of hydrogen-bond acceptors (Lipinski definition) is 6. The molecule has 9 nitrogen and oxygen atoms in total. The number of carbonyl (C=O) groups is 1. The number of halogens is 2. The number of pyridine rings is 1. The Morgan fingerprint density at radius 2 is 2.08 bits per heavy atom. The molecule has 0 aliphatic heterocycles. The van der Waals surface area contributed by atoms with Gasteiger partial charge >= 0.3 is 0 Å². The highest BCUT2D eigenvalue weighted by atomic mass is 35.5. The molecule has 1 amide bonds. The van der Waals surface area contributed by atoms with Crippen LogP contribution >= 0.6 is 22.9 Å². The minimum atomic E-state index is -0.378. The fourth-order valence-corrected chi connectivity index (χ4v) is 5.60. The molecule has 3 aromatic heterocycles. The number of carbonyl (C=O) groups excluding carboxylic acids is 1. The monoisotopic (exact) mass is 538 g/mol. The van der Waals surface area contributed by atoms with Gasteiger partial charge in [-0.15, -0.1) is 0 Å². The molecule has 0 unspecified atom stereocenters. The summed E-state index contributed by atoms with van der Waals surface area (Å²) in [5, 5.41) is 10.7. The van der Waals surface area contributed by atoms with Gasteiger partial charge in [0.25, 0.3) is 5.91 Å². The average molecular weight is 539 g/mol. The number of nitrogens with one attached hydrogen (secondary N) is 2. The highest BCUT2D eigenvalue weighted by Gasteiger charge is 2.28. The molecule has 0 spiro atoms. The predicted octanol–water partition coefficient (Wildman–Crippen LogP) is 4.96. The van der Waals surface area contributed by atoms with E-state index in [1.54, 1.807) is 30.5 Å². The number of fused-ring (bicyclic) bond motifs is 1. The number of rotatable bonds is 6. The number of amidine groups is 1. The maximum atomic E-state index is 15.0. The van der Waals surface area contributed by atoms with Crippen LogP contribution in [0.1, 0.15) is 53.6 Å². The van der Waals surface area contributed by atoms with Gasteiger partial charge < -0.3 is 15.6 Å². The molecule has 1 aliphatic carbocycles. The molecular formula is C25H24ClFN8OS. The second kappa shape index (κ2) is 10.7. The molecule has 1 aromatic carbocycles. The van der Waals surface area contributed by atoms with Gasteiger partial charge in [-0.25, -0.2) is 19.4 Å². The molecular weight excluding hydrogens is 515 g/mol. The van der Waals surface area contributed by atoms with E-state index in [2.05, 4.69) is 20.3 Å². The van der Waals surface area contributed by atoms with Crippen LogP contribution in [0, 0.1) is 11.2 Å². The highest BCUT2D eigenvalue weighted by Crippen LogP contribution is 2.36. The minimum absolute atomic E-state index is 0.0801. The molecule has 12 heteroatoms. The molecule has 5 rings (SSSR count). The van der Waals surface area contributed by atoms with E-state index < -0.39 is 0 Å². The summed E-state index contributed by atoms with van der Waals surface area (Å²) in [5.74, 6) is -0.0470. The number of hydrogen-bond donors (Lipinski definition) is 3. The van der Waals surface area contributed by atoms with Crippen molar-refractivity contribution in [2.75, 3.05) is 0 Å². The van der Waals surface area contributed by atoms with Crippen LogP contribution in [0.2, 0.25) is 4.34 Å². The summed E-state index contributed by atoms with van der Waals surface area (Å²) in [4.78, 5) is 29.8. The summed E-state index contributed by atoms with van der Waals surface area (Å²) in [5.41, 5.74) is 8.11. The summed E-state index contributed by atoms with van der Waals surface area (Å²) >= 11 is 7.10. The van der Waals surface area contributed by atoms with Crippen LogP contribution in [0.25, 0.3) is 22.4 Å². The van der Waals surface area contributed by atoms with E-state index in [-0.39, 0.29) is 29.6 Å². The fourth-order valence-electron chi connectivity index (χ4n) is 4.78. The molecule has 3 heterocycles. The topological polar surface area (TPSA) is 135 Å². The average Bonchev–Trinajstić information content (AvgIpc) is 3.41. The van der Waals surface area contributed by atoms with Gasteiger partial charge in [-0.05, 0) is 37.5 Å². The van der Waals surface area contributed by atoms with Crippen LogP contribution in [0.3, 0.4) is 0 Å². The normalized spacial score (nSPS) is 18.5. The Balaban J connectivity index is 1.57. The summed E-state index contributed by atoms with van der Waals surface area (Å²) in [6.45, 7) is 0. The van der Waals surface area contributed by atoms with E-state index in [0.717, 1.165) is 48.9 Å². The number of thiazole rings is 1. The van der Waals surface area contributed by atoms with Gasteiger partial charge in [-0.1, -0.05) is 47.9 Å². The van der Waals surface area contributed by atoms with Crippen molar-refractivity contribution in [2.24, 2.45) is 10.7 Å². The number of aliphatic imine (C=N–C) groups is 1. The van der Waals surface area contributed by atoms with Crippen molar-refractivity contribution in [1.82, 2.24) is 24.8 Å². The van der Waals surface area contributed by atoms with Crippen LogP contribution < -0.4 is 11.1 Å². The summed E-state index contributed by atoms with van der Waals surface area (Å²) in [6.07, 6.45) is 8.05. The van der Waals surface area contributed by atoms with Crippen molar-refractivity contribution in [2.45, 2.75) is 44.2 Å². The van der Waals surface area contributed by atoms with Gasteiger partial charge in [0.05, 0.1) is 23.5 Å². The lowest BCUT2D eigenvalue weighted by Gasteiger charge is -2.24. The van der Waals surface area contributed by atoms with Gasteiger partial charge in [-0.2, -0.15) is 0 Å². The maximum Gasteiger partial charge on any atom is 0.280 e. The van der Waals surface area contributed by atoms with Crippen molar-refractivity contribution in [3.8, 4) is 11.4 Å². The quantitative estimate of drug-likeness (QED) is 0.181. The van der Waals surface area contributed by atoms with E-state index in [0.29, 0.717) is 38.4 Å². The van der Waals surface area contributed by atoms with Crippen LogP contribution in [0.15, 0.2) is 47.7 Å². The molecule has 1 saturated carbocycles. The molecule has 37 heavy (non-hydrogen) atoms. The zero-order valence-electron chi connectivity index (χ0n) is 19.7. The Morgan fingerprint density at radius 1 is 1.27 bits per heavy atom. The lowest BCUT2D eigenvalue weighted by Crippen LogP contribution is -2.36. The van der Waals surface area contributed by atoms with Crippen molar-refractivity contribution in [3.63, 3.8) is 0 Å². The number of imidazole rings is 1. The Kier molecular flexibility index (Phi) is 7.24. The first-order valence-corrected chi connectivity index (χ1v) is 13.0. The second-order valence-corrected chi connectivity index (χ2v) is 10.5. The van der Waals surface area contributed by atoms with E-state index >= 15 is 0 Å². The first-order chi connectivity index (χ1) is 17.9. The van der Waals surface area contributed by atoms with Gasteiger partial charge in [0.2, 0.25) is 0 Å². The third-order valence-corrected chi connectivity index (χ3v) is 7.54. The number of nitrogens with zero attached hydrogens (tertiary/aromatic N) is 5. The SMILES string of the molecule is N=CN=C(N)c1cc2c(cn1)nc(-c1ccccc1F)n2[C@H]1CCCC[C@@H](NC(=O)c2ncc(Cl)s2)C1. The molecule has 4 aromatic rings. The fraction of sp³-hybridized carbons (Fsp3) is 0.280. The lowest BCUT2D eigenvalue weighted by molar-refractivity contribution is 0.0930. The van der Waals surface area contributed by atoms with Crippen molar-refractivity contribution in [3.05, 3.63) is 63.6 Å². The largest absolute Gasteiger partial charge is 0.382 e. The third-order valence-electron chi connectivity index (χ3n) is 6.43. The number of benzene rings is 1. The van der Waals surface area contributed by atoms with Crippen LogP contribution in [-0.4, -0.2) is 43.6 Å². The van der Waals surface area contributed by atoms with Gasteiger partial charge in [-0.3, -0.25) is 15.2 Å². The standard InChI is InChI=1S/C25H24ClFN8OS/c26-21-12-31-25(37-21)24(36)33-14-5-1-2-6-15(9-14)35-20-10-18(22(29)32-13-28)30-11-19(20)34-23(35)16-7-3-4-8-17(16)27/h3-4,7-8,10-15H,1-2,5-6,9H2,(H,33,36)(H3,28,29,32)/t14-,15+/m1/s1. The number of aromatic nitrogens is 4. The summed E-state index contributed by atoms with van der Waals surface area (Å²) < 4.78 is 17.5. The van der Waals surface area contributed by atoms with Gasteiger partial charge in [0.1, 0.15) is 33.5 Å². The Bertz CT molecular complexity index is 1500. The Labute approximate surface area is 221 Å². The molecule has 0 saturated heterocycles. The predicted molar refractivity (Wildman–Crippen MR) is 143 cm³/mol. The van der Waals surface area contributed by atoms with E-state index in [1.165, 1.54) is 12.3 Å².